The SMILES string of the molecule is C=C1C=CC(=O)N1CCCCCC(=O)NC(C(=O)NC(CCCCN)C(=O)Nc1ccc(COC(=O)N2c3cc(OCCCCCC(=O)N4CC(CCl)c5c4cc(OC(=O)N4CCN(C)CC4)c4ccccc54)c(OC)cc3C(=O)N3CCCC3(N)C2O)cc1)C(C)C. The summed E-state index contributed by atoms with van der Waals surface area (Å²) in [6.07, 6.45) is 5.99. The highest BCUT2D eigenvalue weighted by molar-refractivity contribution is 6.19. The number of hydrogen-bond donors (Lipinski definition) is 6. The molecule has 0 spiro atoms. The lowest BCUT2D eigenvalue weighted by atomic mass is 9.95. The third-order valence-electron chi connectivity index (χ3n) is 18.0. The van der Waals surface area contributed by atoms with Crippen molar-refractivity contribution >= 4 is 87.1 Å². The number of hydrogen-bond acceptors (Lipinski definition) is 16. The van der Waals surface area contributed by atoms with Gasteiger partial charge in [0.2, 0.25) is 23.6 Å². The molecule has 2 saturated heterocycles. The Morgan fingerprint density at radius 2 is 1.53 bits per heavy atom. The van der Waals surface area contributed by atoms with Crippen molar-refractivity contribution in [1.82, 2.24) is 30.2 Å². The molecule has 4 aromatic carbocycles. The molecular formula is C68H88ClN11O13. The van der Waals surface area contributed by atoms with Crippen molar-refractivity contribution in [2.24, 2.45) is 17.4 Å². The van der Waals surface area contributed by atoms with E-state index in [-0.39, 0.29) is 97.7 Å². The molecule has 0 radical (unpaired) electrons. The topological polar surface area (TPSA) is 301 Å². The summed E-state index contributed by atoms with van der Waals surface area (Å²) in [7, 11) is 3.44. The molecule has 8 N–H and O–H groups in total. The molecule has 5 aliphatic rings. The van der Waals surface area contributed by atoms with Crippen molar-refractivity contribution in [2.75, 3.05) is 94.1 Å². The number of alkyl halides is 1. The van der Waals surface area contributed by atoms with E-state index in [0.29, 0.717) is 125 Å². The van der Waals surface area contributed by atoms with Gasteiger partial charge in [-0.15, -0.1) is 11.6 Å². The zero-order valence-electron chi connectivity index (χ0n) is 53.6. The zero-order chi connectivity index (χ0) is 66.5. The largest absolute Gasteiger partial charge is 0.493 e. The Bertz CT molecular complexity index is 3430. The molecular weight excluding hydrogens is 1210 g/mol. The van der Waals surface area contributed by atoms with Gasteiger partial charge in [0.1, 0.15) is 30.1 Å². The van der Waals surface area contributed by atoms with Crippen LogP contribution < -0.4 is 51.4 Å². The third-order valence-corrected chi connectivity index (χ3v) is 18.4. The highest BCUT2D eigenvalue weighted by Gasteiger charge is 2.54. The molecule has 9 rings (SSSR count). The summed E-state index contributed by atoms with van der Waals surface area (Å²) in [6.45, 7) is 11.4. The maximum Gasteiger partial charge on any atom is 0.416 e. The fraction of sp³-hybridized carbons (Fsp3) is 0.500. The minimum absolute atomic E-state index is 0.0118. The van der Waals surface area contributed by atoms with Crippen molar-refractivity contribution in [2.45, 2.75) is 134 Å². The number of aliphatic hydroxyl groups excluding tert-OH is 1. The van der Waals surface area contributed by atoms with Crippen molar-refractivity contribution in [3.05, 3.63) is 108 Å². The second kappa shape index (κ2) is 31.6. The van der Waals surface area contributed by atoms with Gasteiger partial charge in [-0.05, 0) is 125 Å². The Morgan fingerprint density at radius 1 is 0.806 bits per heavy atom. The Kier molecular flexibility index (Phi) is 23.4. The lowest BCUT2D eigenvalue weighted by molar-refractivity contribution is -0.132. The first-order chi connectivity index (χ1) is 44.7. The number of benzene rings is 4. The normalized spacial score (nSPS) is 19.3. The number of carbonyl (C=O) groups is 8. The monoisotopic (exact) mass is 1300 g/mol. The number of anilines is 3. The second-order valence-electron chi connectivity index (χ2n) is 24.8. The van der Waals surface area contributed by atoms with Crippen LogP contribution in [0.25, 0.3) is 10.8 Å². The van der Waals surface area contributed by atoms with Crippen molar-refractivity contribution in [3.63, 3.8) is 0 Å². The van der Waals surface area contributed by atoms with Crippen LogP contribution in [0.4, 0.5) is 26.7 Å². The number of nitrogens with zero attached hydrogens (tertiary/aromatic N) is 6. The first kappa shape index (κ1) is 69.1. The molecule has 0 bridgehead atoms. The number of fused-ring (bicyclic) bond motifs is 5. The van der Waals surface area contributed by atoms with Gasteiger partial charge in [-0.3, -0.25) is 28.8 Å². The van der Waals surface area contributed by atoms with E-state index in [4.69, 9.17) is 42.0 Å². The number of allylic oxidation sites excluding steroid dienone is 1. The van der Waals surface area contributed by atoms with Crippen LogP contribution in [0.2, 0.25) is 0 Å². The molecule has 93 heavy (non-hydrogen) atoms. The van der Waals surface area contributed by atoms with Crippen LogP contribution in [-0.2, 0) is 35.3 Å². The van der Waals surface area contributed by atoms with Gasteiger partial charge in [-0.25, -0.2) is 14.5 Å². The average molecular weight is 1300 g/mol. The number of nitrogens with two attached hydrogens (primary N) is 2. The minimum Gasteiger partial charge on any atom is -0.493 e. The van der Waals surface area contributed by atoms with Crippen LogP contribution in [0, 0.1) is 5.92 Å². The summed E-state index contributed by atoms with van der Waals surface area (Å²) in [4.78, 5) is 118. The Balaban J connectivity index is 0.801. The molecule has 0 saturated carbocycles. The Labute approximate surface area is 547 Å². The van der Waals surface area contributed by atoms with E-state index in [1.54, 1.807) is 65.0 Å². The summed E-state index contributed by atoms with van der Waals surface area (Å²) in [5.74, 6) is -1.41. The predicted molar refractivity (Wildman–Crippen MR) is 353 cm³/mol. The highest BCUT2D eigenvalue weighted by Crippen LogP contribution is 2.47. The molecule has 5 heterocycles. The van der Waals surface area contributed by atoms with Gasteiger partial charge in [-0.1, -0.05) is 63.2 Å². The molecule has 5 atom stereocenters. The molecule has 25 heteroatoms. The molecule has 500 valence electrons. The lowest BCUT2D eigenvalue weighted by Crippen LogP contribution is -2.66. The number of methoxy groups -OCH3 is 1. The third kappa shape index (κ3) is 16.2. The van der Waals surface area contributed by atoms with Crippen molar-refractivity contribution < 1.29 is 62.4 Å². The smallest absolute Gasteiger partial charge is 0.416 e. The number of piperazine rings is 1. The quantitative estimate of drug-likeness (QED) is 0.0238. The van der Waals surface area contributed by atoms with Gasteiger partial charge < -0.3 is 76.0 Å². The van der Waals surface area contributed by atoms with Gasteiger partial charge >= 0.3 is 12.2 Å². The Morgan fingerprint density at radius 3 is 2.23 bits per heavy atom. The summed E-state index contributed by atoms with van der Waals surface area (Å²) >= 11 is 6.56. The average Bonchev–Trinajstić information content (AvgIpc) is 1.62. The first-order valence-electron chi connectivity index (χ1n) is 32.3. The number of unbranched alkanes of at least 4 members (excludes halogenated alkanes) is 5. The van der Waals surface area contributed by atoms with E-state index < -0.39 is 53.9 Å². The van der Waals surface area contributed by atoms with Crippen LogP contribution in [0.3, 0.4) is 0 Å². The molecule has 2 fully saturated rings. The molecule has 0 aromatic heterocycles. The van der Waals surface area contributed by atoms with Crippen LogP contribution in [0.15, 0.2) is 91.2 Å². The summed E-state index contributed by atoms with van der Waals surface area (Å²) in [5, 5.41) is 22.3. The number of nitrogens with one attached hydrogen (secondary N) is 3. The maximum atomic E-state index is 14.4. The molecule has 4 aromatic rings. The molecule has 24 nitrogen and oxygen atoms in total. The zero-order valence-corrected chi connectivity index (χ0v) is 54.4. The van der Waals surface area contributed by atoms with E-state index in [0.717, 1.165) is 34.3 Å². The van der Waals surface area contributed by atoms with Crippen LogP contribution in [0.1, 0.15) is 125 Å². The fourth-order valence-electron chi connectivity index (χ4n) is 12.6. The van der Waals surface area contributed by atoms with Crippen molar-refractivity contribution in [3.8, 4) is 17.2 Å². The summed E-state index contributed by atoms with van der Waals surface area (Å²) in [6, 6.07) is 17.0. The molecule has 0 aliphatic carbocycles. The van der Waals surface area contributed by atoms with Crippen LogP contribution >= 0.6 is 11.6 Å². The van der Waals surface area contributed by atoms with Gasteiger partial charge in [-0.2, -0.15) is 0 Å². The highest BCUT2D eigenvalue weighted by atomic mass is 35.5. The molecule has 8 amide bonds. The van der Waals surface area contributed by atoms with Crippen molar-refractivity contribution in [1.29, 1.82) is 0 Å². The number of amides is 8. The predicted octanol–water partition coefficient (Wildman–Crippen LogP) is 7.43. The van der Waals surface area contributed by atoms with Gasteiger partial charge in [0, 0.05) is 105 Å². The van der Waals surface area contributed by atoms with Crippen LogP contribution in [-0.4, -0.2) is 175 Å². The van der Waals surface area contributed by atoms with Gasteiger partial charge in [0.25, 0.3) is 11.8 Å². The van der Waals surface area contributed by atoms with E-state index >= 15 is 0 Å². The van der Waals surface area contributed by atoms with Gasteiger partial charge in [0.15, 0.2) is 17.7 Å². The first-order valence-corrected chi connectivity index (χ1v) is 32.8. The number of likely N-dealkylation sites (N-methyl/N-ethyl adjacent to an activating group) is 1. The molecule has 5 aliphatic heterocycles. The maximum absolute atomic E-state index is 14.4. The number of aliphatic hydroxyl groups is 1. The molecule has 5 unspecified atom stereocenters. The van der Waals surface area contributed by atoms with Crippen LogP contribution in [0.5, 0.6) is 17.2 Å². The number of ether oxygens (including phenoxy) is 4. The second-order valence-corrected chi connectivity index (χ2v) is 25.2. The number of rotatable bonds is 28. The van der Waals surface area contributed by atoms with E-state index in [9.17, 15) is 43.5 Å². The summed E-state index contributed by atoms with van der Waals surface area (Å²) < 4.78 is 23.9. The number of carbonyl (C=O) groups excluding carboxylic acids is 8. The minimum atomic E-state index is -1.75. The van der Waals surface area contributed by atoms with Gasteiger partial charge in [0.05, 0.1) is 30.7 Å². The van der Waals surface area contributed by atoms with E-state index in [2.05, 4.69) is 27.4 Å². The lowest BCUT2D eigenvalue weighted by Gasteiger charge is -2.39. The standard InChI is InChI=1S/C68H88ClN11O13/c1-43(2)61(74-57(81)20-8-6-14-30-77-44(3)22-27-59(77)83)63(85)73-51(19-12-13-29-70)62(84)72-47-25-23-45(24-26-47)42-92-67(89)80-52-38-56(55(90-5)37-50(52)64(86)79-31-16-28-68(79,71)65(80)87)91-36-15-7-9-21-58(82)78-41-46(40-69)60-49-18-11-10-17-48(49)54(39-53(60)78)93-66(88)76-34-32-75(4)33-35-76/h10-11,17-18,22-27,37-39,43,46,51,61,65,87H,3,6-9,12-16,19-21,28-36,40-42,70-71H2,1-2,4-5H3,(H,72,84)(H,73,85)(H,74,81). The number of halogens is 1. The van der Waals surface area contributed by atoms with E-state index in [1.807, 2.05) is 31.3 Å². The fourth-order valence-corrected chi connectivity index (χ4v) is 12.9. The Hall–Kier alpha value is -8.29. The summed E-state index contributed by atoms with van der Waals surface area (Å²) in [5.41, 5.74) is 14.1. The van der Waals surface area contributed by atoms with E-state index in [1.165, 1.54) is 30.2 Å².